The average molecular weight is 443 g/mol. The van der Waals surface area contributed by atoms with Gasteiger partial charge in [-0.1, -0.05) is 18.6 Å². The van der Waals surface area contributed by atoms with Crippen molar-refractivity contribution in [2.75, 3.05) is 13.1 Å². The van der Waals surface area contributed by atoms with Crippen LogP contribution in [0.2, 0.25) is 0 Å². The zero-order valence-electron chi connectivity index (χ0n) is 18.8. The van der Waals surface area contributed by atoms with Gasteiger partial charge in [0.25, 0.3) is 0 Å². The van der Waals surface area contributed by atoms with Crippen LogP contribution in [0.4, 0.5) is 4.39 Å². The number of piperidine rings is 1. The van der Waals surface area contributed by atoms with Crippen molar-refractivity contribution in [3.05, 3.63) is 83.7 Å². The van der Waals surface area contributed by atoms with E-state index < -0.39 is 0 Å². The standard InChI is InChI=1S/C27H27FN4O/c1-31-26(18-32-11-3-2-4-12-32)25(17-30-31)20-5-6-21-16-29-24(14-22(21)13-20)15-27(33)19-7-9-23(28)10-8-19/h5-10,13-14,16-17H,2-4,11-12,15,18H2,1H3. The largest absolute Gasteiger partial charge is 0.298 e. The van der Waals surface area contributed by atoms with Crippen molar-refractivity contribution in [1.82, 2.24) is 19.7 Å². The van der Waals surface area contributed by atoms with Crippen LogP contribution >= 0.6 is 0 Å². The molecule has 2 aromatic carbocycles. The third-order valence-corrected chi connectivity index (χ3v) is 6.48. The summed E-state index contributed by atoms with van der Waals surface area (Å²) >= 11 is 0. The summed E-state index contributed by atoms with van der Waals surface area (Å²) in [4.78, 5) is 19.6. The number of nitrogens with zero attached hydrogens (tertiary/aromatic N) is 4. The molecular formula is C27H27FN4O. The van der Waals surface area contributed by atoms with Gasteiger partial charge in [-0.2, -0.15) is 5.10 Å². The van der Waals surface area contributed by atoms with Gasteiger partial charge in [0.2, 0.25) is 0 Å². The maximum atomic E-state index is 13.2. The minimum Gasteiger partial charge on any atom is -0.298 e. The van der Waals surface area contributed by atoms with Gasteiger partial charge >= 0.3 is 0 Å². The molecular weight excluding hydrogens is 415 g/mol. The Bertz CT molecular complexity index is 1290. The number of pyridine rings is 1. The first kappa shape index (κ1) is 21.5. The van der Waals surface area contributed by atoms with Gasteiger partial charge in [0.15, 0.2) is 5.78 Å². The number of ketones is 1. The summed E-state index contributed by atoms with van der Waals surface area (Å²) in [6, 6.07) is 14.0. The number of carbonyl (C=O) groups is 1. The van der Waals surface area contributed by atoms with Crippen LogP contribution in [0.25, 0.3) is 21.9 Å². The second-order valence-electron chi connectivity index (χ2n) is 8.81. The van der Waals surface area contributed by atoms with Crippen molar-refractivity contribution in [2.24, 2.45) is 7.05 Å². The molecule has 6 heteroatoms. The van der Waals surface area contributed by atoms with E-state index in [4.69, 9.17) is 0 Å². The van der Waals surface area contributed by atoms with Gasteiger partial charge in [-0.3, -0.25) is 19.4 Å². The van der Waals surface area contributed by atoms with E-state index in [1.54, 1.807) is 0 Å². The van der Waals surface area contributed by atoms with E-state index >= 15 is 0 Å². The normalized spacial score (nSPS) is 14.6. The van der Waals surface area contributed by atoms with E-state index in [-0.39, 0.29) is 18.0 Å². The zero-order chi connectivity index (χ0) is 22.8. The van der Waals surface area contributed by atoms with Gasteiger partial charge in [-0.05, 0) is 73.3 Å². The quantitative estimate of drug-likeness (QED) is 0.386. The molecule has 0 spiro atoms. The fourth-order valence-electron chi connectivity index (χ4n) is 4.57. The van der Waals surface area contributed by atoms with Crippen LogP contribution < -0.4 is 0 Å². The van der Waals surface area contributed by atoms with Crippen molar-refractivity contribution in [3.63, 3.8) is 0 Å². The van der Waals surface area contributed by atoms with E-state index in [2.05, 4.69) is 33.2 Å². The fraction of sp³-hybridized carbons (Fsp3) is 0.296. The van der Waals surface area contributed by atoms with Crippen LogP contribution in [0, 0.1) is 5.82 Å². The van der Waals surface area contributed by atoms with Crippen LogP contribution in [0.15, 0.2) is 60.9 Å². The summed E-state index contributed by atoms with van der Waals surface area (Å²) in [5.74, 6) is -0.424. The molecule has 1 saturated heterocycles. The smallest absolute Gasteiger partial charge is 0.168 e. The molecule has 1 aliphatic rings. The van der Waals surface area contributed by atoms with Crippen molar-refractivity contribution in [2.45, 2.75) is 32.2 Å². The molecule has 0 atom stereocenters. The van der Waals surface area contributed by atoms with Crippen molar-refractivity contribution >= 4 is 16.6 Å². The molecule has 0 N–H and O–H groups in total. The molecule has 2 aromatic heterocycles. The summed E-state index contributed by atoms with van der Waals surface area (Å²) in [6.45, 7) is 3.18. The van der Waals surface area contributed by atoms with E-state index in [0.29, 0.717) is 11.3 Å². The Morgan fingerprint density at radius 2 is 1.76 bits per heavy atom. The molecule has 0 saturated carbocycles. The number of Topliss-reactive ketones (excluding diaryl/α,β-unsaturated/α-hetero) is 1. The third-order valence-electron chi connectivity index (χ3n) is 6.48. The lowest BCUT2D eigenvalue weighted by Crippen LogP contribution is -2.30. The second-order valence-corrected chi connectivity index (χ2v) is 8.81. The number of hydrogen-bond donors (Lipinski definition) is 0. The first-order valence-electron chi connectivity index (χ1n) is 11.5. The molecule has 0 radical (unpaired) electrons. The number of carbonyl (C=O) groups excluding carboxylic acids is 1. The molecule has 0 unspecified atom stereocenters. The Labute approximate surface area is 192 Å². The predicted molar refractivity (Wildman–Crippen MR) is 128 cm³/mol. The number of rotatable bonds is 6. The molecule has 33 heavy (non-hydrogen) atoms. The maximum absolute atomic E-state index is 13.2. The minimum atomic E-state index is -0.349. The summed E-state index contributed by atoms with van der Waals surface area (Å²) in [5, 5.41) is 6.61. The Kier molecular flexibility index (Phi) is 6.01. The molecule has 0 amide bonds. The first-order chi connectivity index (χ1) is 16.1. The van der Waals surface area contributed by atoms with Crippen LogP contribution in [0.1, 0.15) is 41.0 Å². The highest BCUT2D eigenvalue weighted by Crippen LogP contribution is 2.29. The molecule has 5 rings (SSSR count). The molecule has 0 aliphatic carbocycles. The van der Waals surface area contributed by atoms with Gasteiger partial charge < -0.3 is 0 Å². The van der Waals surface area contributed by atoms with Crippen LogP contribution in [0.5, 0.6) is 0 Å². The number of aromatic nitrogens is 3. The van der Waals surface area contributed by atoms with Gasteiger partial charge in [-0.15, -0.1) is 0 Å². The summed E-state index contributed by atoms with van der Waals surface area (Å²) in [6.07, 6.45) is 7.77. The van der Waals surface area contributed by atoms with E-state index in [1.165, 1.54) is 49.2 Å². The Hall–Kier alpha value is -3.38. The molecule has 1 fully saturated rings. The summed E-state index contributed by atoms with van der Waals surface area (Å²) in [7, 11) is 2.01. The Morgan fingerprint density at radius 3 is 2.55 bits per heavy atom. The summed E-state index contributed by atoms with van der Waals surface area (Å²) < 4.78 is 15.1. The van der Waals surface area contributed by atoms with Gasteiger partial charge in [0.1, 0.15) is 5.82 Å². The van der Waals surface area contributed by atoms with Crippen LogP contribution in [-0.4, -0.2) is 38.5 Å². The molecule has 5 nitrogen and oxygen atoms in total. The molecule has 0 bridgehead atoms. The lowest BCUT2D eigenvalue weighted by Gasteiger charge is -2.26. The van der Waals surface area contributed by atoms with E-state index in [0.717, 1.165) is 41.5 Å². The number of halogens is 1. The predicted octanol–water partition coefficient (Wildman–Crippen LogP) is 5.19. The lowest BCUT2D eigenvalue weighted by atomic mass is 10.0. The number of hydrogen-bond acceptors (Lipinski definition) is 4. The number of aryl methyl sites for hydroxylation is 1. The number of likely N-dealkylation sites (tertiary alicyclic amines) is 1. The van der Waals surface area contributed by atoms with Crippen molar-refractivity contribution in [1.29, 1.82) is 0 Å². The molecule has 3 heterocycles. The monoisotopic (exact) mass is 442 g/mol. The molecule has 4 aromatic rings. The molecule has 168 valence electrons. The number of benzene rings is 2. The number of fused-ring (bicyclic) bond motifs is 1. The van der Waals surface area contributed by atoms with E-state index in [9.17, 15) is 9.18 Å². The molecule has 1 aliphatic heterocycles. The zero-order valence-corrected chi connectivity index (χ0v) is 18.8. The fourth-order valence-corrected chi connectivity index (χ4v) is 4.57. The average Bonchev–Trinajstić information content (AvgIpc) is 3.19. The van der Waals surface area contributed by atoms with Crippen molar-refractivity contribution < 1.29 is 9.18 Å². The SMILES string of the molecule is Cn1ncc(-c2ccc3cnc(CC(=O)c4ccc(F)cc4)cc3c2)c1CN1CCCCC1. The van der Waals surface area contributed by atoms with Gasteiger partial charge in [-0.25, -0.2) is 4.39 Å². The topological polar surface area (TPSA) is 51.0 Å². The second kappa shape index (κ2) is 9.24. The van der Waals surface area contributed by atoms with Gasteiger partial charge in [0.05, 0.1) is 18.3 Å². The Balaban J connectivity index is 1.41. The summed E-state index contributed by atoms with van der Waals surface area (Å²) in [5.41, 5.74) is 4.67. The lowest BCUT2D eigenvalue weighted by molar-refractivity contribution is 0.0992. The maximum Gasteiger partial charge on any atom is 0.168 e. The third kappa shape index (κ3) is 4.71. The van der Waals surface area contributed by atoms with Crippen LogP contribution in [-0.2, 0) is 20.0 Å². The Morgan fingerprint density at radius 1 is 0.970 bits per heavy atom. The highest BCUT2D eigenvalue weighted by atomic mass is 19.1. The first-order valence-corrected chi connectivity index (χ1v) is 11.5. The highest BCUT2D eigenvalue weighted by molar-refractivity contribution is 5.98. The van der Waals surface area contributed by atoms with E-state index in [1.807, 2.05) is 30.2 Å². The highest BCUT2D eigenvalue weighted by Gasteiger charge is 2.17. The minimum absolute atomic E-state index is 0.0749. The van der Waals surface area contributed by atoms with Crippen LogP contribution in [0.3, 0.4) is 0 Å². The van der Waals surface area contributed by atoms with Crippen molar-refractivity contribution in [3.8, 4) is 11.1 Å². The van der Waals surface area contributed by atoms with Gasteiger partial charge in [0, 0.05) is 42.0 Å².